The largest absolute Gasteiger partial charge is 0.394 e. The number of hydrogen-bond acceptors (Lipinski definition) is 6. The third kappa shape index (κ3) is 1.49. The van der Waals surface area contributed by atoms with Gasteiger partial charge in [0.25, 0.3) is 0 Å². The van der Waals surface area contributed by atoms with Crippen molar-refractivity contribution in [2.75, 3.05) is 6.61 Å². The molecule has 1 heterocycles. The van der Waals surface area contributed by atoms with E-state index in [2.05, 4.69) is 0 Å². The average molecular weight is 222 g/mol. The molecule has 0 amide bonds. The fourth-order valence-electron chi connectivity index (χ4n) is 1.71. The Morgan fingerprint density at radius 2 is 1.53 bits per heavy atom. The van der Waals surface area contributed by atoms with Crippen LogP contribution in [0.5, 0.6) is 0 Å². The highest BCUT2D eigenvalue weighted by Gasteiger charge is 2.65. The lowest BCUT2D eigenvalue weighted by atomic mass is 9.68. The Balaban J connectivity index is 3.16. The first kappa shape index (κ1) is 12.8. The van der Waals surface area contributed by atoms with E-state index in [-0.39, 0.29) is 0 Å². The SMILES string of the molecule is C[C@]1(O)[C@@](C)(O)[C@H](O)O[C@H](CO)[C@@]1(C)O. The first-order chi connectivity index (χ1) is 6.59. The predicted molar refractivity (Wildman–Crippen MR) is 49.8 cm³/mol. The van der Waals surface area contributed by atoms with Gasteiger partial charge in [0.2, 0.25) is 0 Å². The zero-order valence-corrected chi connectivity index (χ0v) is 9.01. The molecule has 5 N–H and O–H groups in total. The molecule has 0 radical (unpaired) electrons. The smallest absolute Gasteiger partial charge is 0.187 e. The van der Waals surface area contributed by atoms with E-state index in [9.17, 15) is 20.4 Å². The molecule has 1 aliphatic heterocycles. The molecule has 1 rings (SSSR count). The van der Waals surface area contributed by atoms with Crippen LogP contribution in [0.2, 0.25) is 0 Å². The van der Waals surface area contributed by atoms with Gasteiger partial charge in [-0.25, -0.2) is 0 Å². The number of hydrogen-bond donors (Lipinski definition) is 5. The summed E-state index contributed by atoms with van der Waals surface area (Å²) < 4.78 is 4.85. The second-order valence-electron chi connectivity index (χ2n) is 4.53. The van der Waals surface area contributed by atoms with Gasteiger partial charge in [0, 0.05) is 0 Å². The second kappa shape index (κ2) is 3.38. The van der Waals surface area contributed by atoms with Crippen LogP contribution in [0.3, 0.4) is 0 Å². The Morgan fingerprint density at radius 1 is 1.07 bits per heavy atom. The molecular weight excluding hydrogens is 204 g/mol. The first-order valence-corrected chi connectivity index (χ1v) is 4.70. The maximum atomic E-state index is 10.1. The van der Waals surface area contributed by atoms with Crippen molar-refractivity contribution in [3.05, 3.63) is 0 Å². The van der Waals surface area contributed by atoms with E-state index in [0.29, 0.717) is 0 Å². The molecule has 0 aromatic rings. The molecule has 0 saturated carbocycles. The summed E-state index contributed by atoms with van der Waals surface area (Å²) in [4.78, 5) is 0. The van der Waals surface area contributed by atoms with Crippen molar-refractivity contribution in [2.45, 2.75) is 50.0 Å². The Hall–Kier alpha value is -0.240. The molecule has 1 fully saturated rings. The lowest BCUT2D eigenvalue weighted by molar-refractivity contribution is -0.382. The van der Waals surface area contributed by atoms with Gasteiger partial charge in [-0.1, -0.05) is 0 Å². The minimum atomic E-state index is -2.03. The van der Waals surface area contributed by atoms with E-state index < -0.39 is 35.8 Å². The highest BCUT2D eigenvalue weighted by Crippen LogP contribution is 2.43. The van der Waals surface area contributed by atoms with Gasteiger partial charge in [-0.05, 0) is 20.8 Å². The van der Waals surface area contributed by atoms with Crippen molar-refractivity contribution in [1.82, 2.24) is 0 Å². The van der Waals surface area contributed by atoms with Crippen LogP contribution in [0.25, 0.3) is 0 Å². The molecule has 0 bridgehead atoms. The minimum Gasteiger partial charge on any atom is -0.394 e. The van der Waals surface area contributed by atoms with Crippen LogP contribution in [0.15, 0.2) is 0 Å². The van der Waals surface area contributed by atoms with E-state index in [4.69, 9.17) is 9.84 Å². The molecule has 0 spiro atoms. The van der Waals surface area contributed by atoms with Gasteiger partial charge in [0.05, 0.1) is 6.61 Å². The Bertz CT molecular complexity index is 247. The van der Waals surface area contributed by atoms with Crippen LogP contribution < -0.4 is 0 Å². The quantitative estimate of drug-likeness (QED) is 0.349. The van der Waals surface area contributed by atoms with Gasteiger partial charge in [-0.3, -0.25) is 0 Å². The Labute approximate surface area is 87.7 Å². The normalized spacial score (nSPS) is 56.8. The summed E-state index contributed by atoms with van der Waals surface area (Å²) in [5.41, 5.74) is -5.91. The van der Waals surface area contributed by atoms with Crippen molar-refractivity contribution >= 4 is 0 Å². The number of aliphatic hydroxyl groups excluding tert-OH is 2. The van der Waals surface area contributed by atoms with Gasteiger partial charge in [0.1, 0.15) is 22.9 Å². The van der Waals surface area contributed by atoms with Crippen LogP contribution in [-0.4, -0.2) is 61.3 Å². The maximum absolute atomic E-state index is 10.1. The van der Waals surface area contributed by atoms with Crippen LogP contribution in [0, 0.1) is 0 Å². The summed E-state index contributed by atoms with van der Waals surface area (Å²) >= 11 is 0. The number of aliphatic hydroxyl groups is 5. The molecule has 0 unspecified atom stereocenters. The zero-order chi connectivity index (χ0) is 12.1. The number of rotatable bonds is 1. The van der Waals surface area contributed by atoms with Crippen molar-refractivity contribution in [1.29, 1.82) is 0 Å². The summed E-state index contributed by atoms with van der Waals surface area (Å²) in [6.07, 6.45) is -2.84. The first-order valence-electron chi connectivity index (χ1n) is 4.70. The molecule has 6 nitrogen and oxygen atoms in total. The van der Waals surface area contributed by atoms with Gasteiger partial charge in [0.15, 0.2) is 6.29 Å². The fourth-order valence-corrected chi connectivity index (χ4v) is 1.71. The molecule has 0 aromatic heterocycles. The van der Waals surface area contributed by atoms with Gasteiger partial charge < -0.3 is 30.3 Å². The van der Waals surface area contributed by atoms with Crippen LogP contribution in [-0.2, 0) is 4.74 Å². The average Bonchev–Trinajstić information content (AvgIpc) is 2.10. The monoisotopic (exact) mass is 222 g/mol. The second-order valence-corrected chi connectivity index (χ2v) is 4.53. The summed E-state index contributed by atoms with van der Waals surface area (Å²) in [5, 5.41) is 48.3. The summed E-state index contributed by atoms with van der Waals surface area (Å²) in [6, 6.07) is 0. The molecule has 90 valence electrons. The summed E-state index contributed by atoms with van der Waals surface area (Å²) in [7, 11) is 0. The molecular formula is C9H18O6. The third-order valence-electron chi connectivity index (χ3n) is 3.54. The van der Waals surface area contributed by atoms with Crippen LogP contribution in [0.4, 0.5) is 0 Å². The van der Waals surface area contributed by atoms with Crippen molar-refractivity contribution in [3.8, 4) is 0 Å². The molecule has 1 saturated heterocycles. The third-order valence-corrected chi connectivity index (χ3v) is 3.54. The minimum absolute atomic E-state index is 0.573. The molecule has 5 atom stereocenters. The van der Waals surface area contributed by atoms with E-state index in [0.717, 1.165) is 6.92 Å². The summed E-state index contributed by atoms with van der Waals surface area (Å²) in [6.45, 7) is 2.99. The Morgan fingerprint density at radius 3 is 1.93 bits per heavy atom. The van der Waals surface area contributed by atoms with Crippen molar-refractivity contribution in [3.63, 3.8) is 0 Å². The van der Waals surface area contributed by atoms with Gasteiger partial charge in [-0.15, -0.1) is 0 Å². The molecule has 0 aromatic carbocycles. The molecule has 0 aliphatic carbocycles. The predicted octanol–water partition coefficient (Wildman–Crippen LogP) is -2.05. The lowest BCUT2D eigenvalue weighted by Gasteiger charge is -2.56. The van der Waals surface area contributed by atoms with E-state index in [1.165, 1.54) is 13.8 Å². The lowest BCUT2D eigenvalue weighted by Crippen LogP contribution is -2.77. The molecule has 15 heavy (non-hydrogen) atoms. The van der Waals surface area contributed by atoms with E-state index in [1.807, 2.05) is 0 Å². The van der Waals surface area contributed by atoms with Crippen molar-refractivity contribution < 1.29 is 30.3 Å². The number of ether oxygens (including phenoxy) is 1. The molecule has 1 aliphatic rings. The highest BCUT2D eigenvalue weighted by molar-refractivity contribution is 5.13. The maximum Gasteiger partial charge on any atom is 0.187 e. The standard InChI is InChI=1S/C9H18O6/c1-7(12)5(4-10)15-6(11)8(2,13)9(7,3)14/h5-6,10-14H,4H2,1-3H3/t5-,6-,7-,8+,9-/m1/s1. The highest BCUT2D eigenvalue weighted by atomic mass is 16.6. The van der Waals surface area contributed by atoms with Gasteiger partial charge in [-0.2, -0.15) is 0 Å². The fraction of sp³-hybridized carbons (Fsp3) is 1.00. The van der Waals surface area contributed by atoms with Crippen molar-refractivity contribution in [2.24, 2.45) is 0 Å². The van der Waals surface area contributed by atoms with E-state index >= 15 is 0 Å². The topological polar surface area (TPSA) is 110 Å². The zero-order valence-electron chi connectivity index (χ0n) is 9.01. The molecule has 6 heteroatoms. The van der Waals surface area contributed by atoms with Gasteiger partial charge >= 0.3 is 0 Å². The Kier molecular flexibility index (Phi) is 2.89. The summed E-state index contributed by atoms with van der Waals surface area (Å²) in [5.74, 6) is 0. The van der Waals surface area contributed by atoms with Crippen LogP contribution in [0.1, 0.15) is 20.8 Å². The van der Waals surface area contributed by atoms with E-state index in [1.54, 1.807) is 0 Å². The van der Waals surface area contributed by atoms with Crippen LogP contribution >= 0.6 is 0 Å².